The Kier molecular flexibility index (Phi) is 4.91. The first kappa shape index (κ1) is 18.3. The molecule has 24 heavy (non-hydrogen) atoms. The van der Waals surface area contributed by atoms with Crippen molar-refractivity contribution >= 4 is 15.7 Å². The van der Waals surface area contributed by atoms with Gasteiger partial charge in [-0.05, 0) is 43.2 Å². The Hall–Kier alpha value is -2.06. The molecule has 0 spiro atoms. The fourth-order valence-electron chi connectivity index (χ4n) is 2.32. The van der Waals surface area contributed by atoms with Crippen molar-refractivity contribution in [3.63, 3.8) is 0 Å². The molecule has 0 unspecified atom stereocenters. The van der Waals surface area contributed by atoms with Crippen molar-refractivity contribution < 1.29 is 21.6 Å². The molecule has 0 aliphatic carbocycles. The predicted octanol–water partition coefficient (Wildman–Crippen LogP) is 3.58. The lowest BCUT2D eigenvalue weighted by atomic mass is 10.1. The lowest BCUT2D eigenvalue weighted by Gasteiger charge is -2.16. The Balaban J connectivity index is 2.36. The molecule has 0 aromatic heterocycles. The molecular weight excluding hydrogens is 341 g/mol. The number of halogens is 3. The van der Waals surface area contributed by atoms with Gasteiger partial charge in [-0.3, -0.25) is 0 Å². The van der Waals surface area contributed by atoms with Crippen molar-refractivity contribution in [1.82, 2.24) is 0 Å². The van der Waals surface area contributed by atoms with E-state index in [1.807, 2.05) is 32.0 Å². The van der Waals surface area contributed by atoms with Gasteiger partial charge in [-0.25, -0.2) is 13.6 Å². The van der Waals surface area contributed by atoms with E-state index in [1.54, 1.807) is 0 Å². The van der Waals surface area contributed by atoms with E-state index >= 15 is 0 Å². The molecular formula is C16H17F3N2O2S. The van der Waals surface area contributed by atoms with Gasteiger partial charge in [0.25, 0.3) is 0 Å². The van der Waals surface area contributed by atoms with Crippen LogP contribution in [-0.4, -0.2) is 8.42 Å². The predicted molar refractivity (Wildman–Crippen MR) is 86.1 cm³/mol. The number of aryl methyl sites for hydroxylation is 2. The van der Waals surface area contributed by atoms with Gasteiger partial charge in [0.15, 0.2) is 0 Å². The summed E-state index contributed by atoms with van der Waals surface area (Å²) in [4.78, 5) is -0.577. The summed E-state index contributed by atoms with van der Waals surface area (Å²) in [5.74, 6) is 0. The quantitative estimate of drug-likeness (QED) is 0.877. The van der Waals surface area contributed by atoms with Crippen molar-refractivity contribution in [3.8, 4) is 0 Å². The van der Waals surface area contributed by atoms with Crippen molar-refractivity contribution in [2.24, 2.45) is 5.14 Å². The maximum Gasteiger partial charge on any atom is 0.418 e. The van der Waals surface area contributed by atoms with Crippen LogP contribution in [0.15, 0.2) is 41.3 Å². The van der Waals surface area contributed by atoms with Gasteiger partial charge in [0.1, 0.15) is 0 Å². The molecule has 0 atom stereocenters. The summed E-state index contributed by atoms with van der Waals surface area (Å²) in [6.07, 6.45) is -4.70. The van der Waals surface area contributed by atoms with E-state index in [4.69, 9.17) is 5.14 Å². The smallest absolute Gasteiger partial charge is 0.380 e. The molecule has 0 aliphatic heterocycles. The summed E-state index contributed by atoms with van der Waals surface area (Å²) in [6.45, 7) is 3.99. The van der Waals surface area contributed by atoms with Crippen LogP contribution in [0.3, 0.4) is 0 Å². The highest BCUT2D eigenvalue weighted by Crippen LogP contribution is 2.36. The normalized spacial score (nSPS) is 12.2. The average Bonchev–Trinajstić information content (AvgIpc) is 2.44. The lowest BCUT2D eigenvalue weighted by molar-refractivity contribution is -0.137. The van der Waals surface area contributed by atoms with E-state index in [2.05, 4.69) is 5.32 Å². The molecule has 4 nitrogen and oxygen atoms in total. The molecule has 0 saturated carbocycles. The van der Waals surface area contributed by atoms with Crippen molar-refractivity contribution in [2.45, 2.75) is 31.5 Å². The van der Waals surface area contributed by atoms with E-state index in [0.29, 0.717) is 6.07 Å². The number of sulfonamides is 1. The van der Waals surface area contributed by atoms with Crippen LogP contribution in [-0.2, 0) is 22.7 Å². The van der Waals surface area contributed by atoms with E-state index in [0.717, 1.165) is 28.8 Å². The van der Waals surface area contributed by atoms with Gasteiger partial charge in [-0.1, -0.05) is 23.8 Å². The van der Waals surface area contributed by atoms with Crippen LogP contribution >= 0.6 is 0 Å². The summed E-state index contributed by atoms with van der Waals surface area (Å²) in [7, 11) is -4.21. The molecule has 8 heteroatoms. The fourth-order valence-corrected chi connectivity index (χ4v) is 2.86. The maximum absolute atomic E-state index is 13.2. The number of benzene rings is 2. The minimum Gasteiger partial charge on any atom is -0.380 e. The Morgan fingerprint density at radius 1 is 1.08 bits per heavy atom. The van der Waals surface area contributed by atoms with Crippen LogP contribution < -0.4 is 10.5 Å². The number of anilines is 1. The summed E-state index contributed by atoms with van der Waals surface area (Å²) in [5, 5.41) is 7.62. The van der Waals surface area contributed by atoms with Crippen LogP contribution in [0.2, 0.25) is 0 Å². The average molecular weight is 358 g/mol. The van der Waals surface area contributed by atoms with E-state index < -0.39 is 26.7 Å². The Labute approximate surface area is 138 Å². The van der Waals surface area contributed by atoms with Gasteiger partial charge >= 0.3 is 6.18 Å². The number of alkyl halides is 3. The first-order valence-electron chi connectivity index (χ1n) is 7.02. The minimum atomic E-state index is -4.70. The second-order valence-electron chi connectivity index (χ2n) is 5.53. The van der Waals surface area contributed by atoms with Crippen LogP contribution in [0.4, 0.5) is 18.9 Å². The second kappa shape index (κ2) is 6.45. The van der Waals surface area contributed by atoms with Crippen LogP contribution in [0.5, 0.6) is 0 Å². The van der Waals surface area contributed by atoms with Gasteiger partial charge in [-0.15, -0.1) is 0 Å². The summed E-state index contributed by atoms with van der Waals surface area (Å²) in [6, 6.07) is 8.31. The van der Waals surface area contributed by atoms with E-state index in [-0.39, 0.29) is 12.2 Å². The third-order valence-electron chi connectivity index (χ3n) is 3.59. The maximum atomic E-state index is 13.2. The van der Waals surface area contributed by atoms with Gasteiger partial charge < -0.3 is 5.32 Å². The molecule has 3 N–H and O–H groups in total. The molecule has 2 rings (SSSR count). The first-order valence-corrected chi connectivity index (χ1v) is 8.57. The lowest BCUT2D eigenvalue weighted by Crippen LogP contribution is -2.16. The zero-order valence-electron chi connectivity index (χ0n) is 13.1. The molecule has 0 amide bonds. The number of nitrogens with one attached hydrogen (secondary N) is 1. The molecule has 0 fully saturated rings. The molecule has 0 aliphatic rings. The van der Waals surface area contributed by atoms with Gasteiger partial charge in [-0.2, -0.15) is 13.2 Å². The van der Waals surface area contributed by atoms with Gasteiger partial charge in [0, 0.05) is 12.2 Å². The SMILES string of the molecule is Cc1ccc(CNc2ccc(S(N)(=O)=O)cc2C(F)(F)F)c(C)c1. The molecule has 2 aromatic rings. The Morgan fingerprint density at radius 2 is 1.75 bits per heavy atom. The largest absolute Gasteiger partial charge is 0.418 e. The summed E-state index contributed by atoms with van der Waals surface area (Å²) in [5.41, 5.74) is 1.60. The Bertz CT molecular complexity index is 862. The zero-order chi connectivity index (χ0) is 18.1. The topological polar surface area (TPSA) is 72.2 Å². The number of rotatable bonds is 4. The fraction of sp³-hybridized carbons (Fsp3) is 0.250. The number of hydrogen-bond acceptors (Lipinski definition) is 3. The monoisotopic (exact) mass is 358 g/mol. The van der Waals surface area contributed by atoms with Crippen molar-refractivity contribution in [3.05, 3.63) is 58.7 Å². The molecule has 130 valence electrons. The highest BCUT2D eigenvalue weighted by molar-refractivity contribution is 7.89. The molecule has 2 aromatic carbocycles. The van der Waals surface area contributed by atoms with Crippen molar-refractivity contribution in [1.29, 1.82) is 0 Å². The third kappa shape index (κ3) is 4.27. The van der Waals surface area contributed by atoms with Crippen molar-refractivity contribution in [2.75, 3.05) is 5.32 Å². The highest BCUT2D eigenvalue weighted by atomic mass is 32.2. The Morgan fingerprint density at radius 3 is 2.29 bits per heavy atom. The molecule has 0 bridgehead atoms. The van der Waals surface area contributed by atoms with E-state index in [1.165, 1.54) is 0 Å². The highest BCUT2D eigenvalue weighted by Gasteiger charge is 2.34. The number of nitrogens with two attached hydrogens (primary N) is 1. The second-order valence-corrected chi connectivity index (χ2v) is 7.10. The van der Waals surface area contributed by atoms with Crippen LogP contribution in [0, 0.1) is 13.8 Å². The van der Waals surface area contributed by atoms with Gasteiger partial charge in [0.2, 0.25) is 10.0 Å². The molecule has 0 radical (unpaired) electrons. The summed E-state index contributed by atoms with van der Waals surface area (Å²) < 4.78 is 62.1. The van der Waals surface area contributed by atoms with Gasteiger partial charge in [0.05, 0.1) is 10.5 Å². The third-order valence-corrected chi connectivity index (χ3v) is 4.50. The standard InChI is InChI=1S/C16H17F3N2O2S/c1-10-3-4-12(11(2)7-10)9-21-15-6-5-13(24(20,22)23)8-14(15)16(17,18)19/h3-8,21H,9H2,1-2H3,(H2,20,22,23). The first-order chi connectivity index (χ1) is 11.0. The van der Waals surface area contributed by atoms with Crippen LogP contribution in [0.25, 0.3) is 0 Å². The molecule has 0 heterocycles. The molecule has 0 saturated heterocycles. The zero-order valence-corrected chi connectivity index (χ0v) is 13.9. The summed E-state index contributed by atoms with van der Waals surface area (Å²) >= 11 is 0. The van der Waals surface area contributed by atoms with Crippen LogP contribution in [0.1, 0.15) is 22.3 Å². The number of hydrogen-bond donors (Lipinski definition) is 2. The minimum absolute atomic E-state index is 0.184. The number of primary sulfonamides is 1. The van der Waals surface area contributed by atoms with E-state index in [9.17, 15) is 21.6 Å².